The van der Waals surface area contributed by atoms with Crippen LogP contribution in [0.2, 0.25) is 0 Å². The molecule has 2 aliphatic heterocycles. The molecular formula is C21H24N2O3. The third-order valence-corrected chi connectivity index (χ3v) is 4.99. The number of hydrogen-bond acceptors (Lipinski definition) is 4. The number of hydroxylamine groups is 1. The summed E-state index contributed by atoms with van der Waals surface area (Å²) in [5, 5.41) is 0. The van der Waals surface area contributed by atoms with E-state index in [1.807, 2.05) is 24.3 Å². The van der Waals surface area contributed by atoms with Crippen molar-refractivity contribution in [3.8, 4) is 0 Å². The van der Waals surface area contributed by atoms with Crippen molar-refractivity contribution < 1.29 is 14.4 Å². The van der Waals surface area contributed by atoms with E-state index in [1.54, 1.807) is 0 Å². The van der Waals surface area contributed by atoms with E-state index in [-0.39, 0.29) is 12.2 Å². The van der Waals surface area contributed by atoms with E-state index in [2.05, 4.69) is 34.6 Å². The minimum atomic E-state index is -0.331. The maximum absolute atomic E-state index is 12.2. The molecule has 5 nitrogen and oxygen atoms in total. The lowest BCUT2D eigenvalue weighted by Gasteiger charge is -2.22. The Morgan fingerprint density at radius 1 is 1.15 bits per heavy atom. The monoisotopic (exact) mass is 352 g/mol. The first-order chi connectivity index (χ1) is 12.8. The summed E-state index contributed by atoms with van der Waals surface area (Å²) in [4.78, 5) is 19.9. The van der Waals surface area contributed by atoms with Crippen LogP contribution < -0.4 is 10.4 Å². The highest BCUT2D eigenvalue weighted by Crippen LogP contribution is 2.28. The van der Waals surface area contributed by atoms with Crippen molar-refractivity contribution in [1.29, 1.82) is 0 Å². The Bertz CT molecular complexity index is 754. The van der Waals surface area contributed by atoms with Crippen LogP contribution in [0.1, 0.15) is 40.7 Å². The average Bonchev–Trinajstić information content (AvgIpc) is 3.10. The molecule has 136 valence electrons. The summed E-state index contributed by atoms with van der Waals surface area (Å²) < 4.78 is 5.44. The fourth-order valence-corrected chi connectivity index (χ4v) is 3.54. The molecule has 1 atom stereocenters. The molecule has 2 aliphatic rings. The van der Waals surface area contributed by atoms with Gasteiger partial charge in [-0.25, -0.2) is 10.3 Å². The smallest absolute Gasteiger partial charge is 0.274 e. The van der Waals surface area contributed by atoms with Crippen LogP contribution in [0.3, 0.4) is 0 Å². The Kier molecular flexibility index (Phi) is 5.18. The third kappa shape index (κ3) is 3.89. The predicted octanol–water partition coefficient (Wildman–Crippen LogP) is 3.44. The first-order valence-electron chi connectivity index (χ1n) is 9.29. The molecule has 0 saturated carbocycles. The number of fused-ring (bicyclic) bond motifs is 1. The number of hydrogen-bond donors (Lipinski definition) is 1. The van der Waals surface area contributed by atoms with Gasteiger partial charge in [0.15, 0.2) is 6.29 Å². The zero-order valence-corrected chi connectivity index (χ0v) is 14.8. The number of para-hydroxylation sites is 1. The van der Waals surface area contributed by atoms with E-state index in [0.717, 1.165) is 38.8 Å². The van der Waals surface area contributed by atoms with E-state index in [1.165, 1.54) is 16.8 Å². The number of carbonyl (C=O) groups excluding carboxylic acids is 1. The molecule has 0 unspecified atom stereocenters. The van der Waals surface area contributed by atoms with Gasteiger partial charge >= 0.3 is 0 Å². The zero-order chi connectivity index (χ0) is 17.8. The maximum Gasteiger partial charge on any atom is 0.274 e. The first kappa shape index (κ1) is 17.1. The van der Waals surface area contributed by atoms with Gasteiger partial charge in [-0.3, -0.25) is 4.79 Å². The number of nitrogens with zero attached hydrogens (tertiary/aromatic N) is 1. The second kappa shape index (κ2) is 7.89. The second-order valence-corrected chi connectivity index (χ2v) is 6.84. The molecule has 26 heavy (non-hydrogen) atoms. The zero-order valence-electron chi connectivity index (χ0n) is 14.8. The number of carbonyl (C=O) groups is 1. The van der Waals surface area contributed by atoms with Crippen molar-refractivity contribution >= 4 is 11.6 Å². The third-order valence-electron chi connectivity index (χ3n) is 4.99. The van der Waals surface area contributed by atoms with E-state index in [4.69, 9.17) is 9.57 Å². The van der Waals surface area contributed by atoms with Crippen LogP contribution in [-0.4, -0.2) is 25.3 Å². The molecular weight excluding hydrogens is 328 g/mol. The summed E-state index contributed by atoms with van der Waals surface area (Å²) in [6.45, 7) is 2.58. The fourth-order valence-electron chi connectivity index (χ4n) is 3.54. The van der Waals surface area contributed by atoms with Gasteiger partial charge in [0, 0.05) is 37.4 Å². The maximum atomic E-state index is 12.2. The summed E-state index contributed by atoms with van der Waals surface area (Å²) in [6, 6.07) is 16.2. The Morgan fingerprint density at radius 2 is 2.00 bits per heavy atom. The molecule has 4 rings (SSSR count). The molecule has 1 saturated heterocycles. The first-order valence-corrected chi connectivity index (χ1v) is 9.29. The summed E-state index contributed by atoms with van der Waals surface area (Å²) in [5.41, 5.74) is 7.00. The standard InChI is InChI=1S/C21H24N2O3/c24-21(22-26-20-7-3-4-14-25-20)18-10-8-16(9-11-18)15-23-13-12-17-5-1-2-6-19(17)23/h1-2,5-6,8-11,20H,3-4,7,12-15H2,(H,22,24)/t20-/m0/s1. The van der Waals surface area contributed by atoms with Crippen LogP contribution in [0, 0.1) is 0 Å². The van der Waals surface area contributed by atoms with Gasteiger partial charge < -0.3 is 9.64 Å². The van der Waals surface area contributed by atoms with Crippen molar-refractivity contribution in [2.75, 3.05) is 18.1 Å². The molecule has 0 bridgehead atoms. The molecule has 0 spiro atoms. The summed E-state index contributed by atoms with van der Waals surface area (Å²) in [7, 11) is 0. The molecule has 5 heteroatoms. The van der Waals surface area contributed by atoms with Gasteiger partial charge in [-0.05, 0) is 48.6 Å². The molecule has 1 N–H and O–H groups in total. The number of rotatable bonds is 5. The van der Waals surface area contributed by atoms with Crippen LogP contribution in [0.15, 0.2) is 48.5 Å². The van der Waals surface area contributed by atoms with Crippen LogP contribution in [-0.2, 0) is 22.5 Å². The molecule has 0 aromatic heterocycles. The van der Waals surface area contributed by atoms with Gasteiger partial charge in [-0.1, -0.05) is 30.3 Å². The van der Waals surface area contributed by atoms with E-state index >= 15 is 0 Å². The van der Waals surface area contributed by atoms with Crippen LogP contribution >= 0.6 is 0 Å². The van der Waals surface area contributed by atoms with Crippen molar-refractivity contribution in [3.05, 3.63) is 65.2 Å². The van der Waals surface area contributed by atoms with Gasteiger partial charge in [0.2, 0.25) is 0 Å². The molecule has 1 fully saturated rings. The average molecular weight is 352 g/mol. The van der Waals surface area contributed by atoms with E-state index in [0.29, 0.717) is 12.2 Å². The minimum Gasteiger partial charge on any atom is -0.367 e. The minimum absolute atomic E-state index is 0.239. The van der Waals surface area contributed by atoms with Crippen molar-refractivity contribution in [1.82, 2.24) is 5.48 Å². The summed E-state index contributed by atoms with van der Waals surface area (Å²) in [5.74, 6) is -0.239. The SMILES string of the molecule is O=C(NO[C@H]1CCCCO1)c1ccc(CN2CCc3ccccc32)cc1. The molecule has 2 aromatic rings. The normalized spacial score (nSPS) is 19.2. The van der Waals surface area contributed by atoms with Gasteiger partial charge in [0.25, 0.3) is 5.91 Å². The van der Waals surface area contributed by atoms with Crippen molar-refractivity contribution in [3.63, 3.8) is 0 Å². The molecule has 2 aromatic carbocycles. The Labute approximate surface area is 153 Å². The molecule has 0 aliphatic carbocycles. The van der Waals surface area contributed by atoms with Crippen LogP contribution in [0.25, 0.3) is 0 Å². The van der Waals surface area contributed by atoms with E-state index < -0.39 is 0 Å². The highest BCUT2D eigenvalue weighted by molar-refractivity contribution is 5.93. The number of nitrogens with one attached hydrogen (secondary N) is 1. The lowest BCUT2D eigenvalue weighted by atomic mass is 10.1. The molecule has 0 radical (unpaired) electrons. The van der Waals surface area contributed by atoms with Gasteiger partial charge in [-0.2, -0.15) is 0 Å². The lowest BCUT2D eigenvalue weighted by molar-refractivity contribution is -0.186. The topological polar surface area (TPSA) is 50.8 Å². The number of benzene rings is 2. The fraction of sp³-hybridized carbons (Fsp3) is 0.381. The number of anilines is 1. The Balaban J connectivity index is 1.32. The van der Waals surface area contributed by atoms with Gasteiger partial charge in [0.1, 0.15) is 0 Å². The lowest BCUT2D eigenvalue weighted by Crippen LogP contribution is -2.33. The van der Waals surface area contributed by atoms with Gasteiger partial charge in [0.05, 0.1) is 0 Å². The highest BCUT2D eigenvalue weighted by Gasteiger charge is 2.19. The molecule has 2 heterocycles. The summed E-state index contributed by atoms with van der Waals surface area (Å²) in [6.07, 6.45) is 3.70. The highest BCUT2D eigenvalue weighted by atomic mass is 16.8. The largest absolute Gasteiger partial charge is 0.367 e. The van der Waals surface area contributed by atoms with Crippen LogP contribution in [0.5, 0.6) is 0 Å². The number of ether oxygens (including phenoxy) is 1. The number of amides is 1. The van der Waals surface area contributed by atoms with Gasteiger partial charge in [-0.15, -0.1) is 0 Å². The Hall–Kier alpha value is -2.37. The van der Waals surface area contributed by atoms with Crippen molar-refractivity contribution in [2.45, 2.75) is 38.5 Å². The van der Waals surface area contributed by atoms with Crippen molar-refractivity contribution in [2.24, 2.45) is 0 Å². The molecule has 1 amide bonds. The quantitative estimate of drug-likeness (QED) is 0.838. The predicted molar refractivity (Wildman–Crippen MR) is 99.8 cm³/mol. The second-order valence-electron chi connectivity index (χ2n) is 6.84. The Morgan fingerprint density at radius 3 is 2.81 bits per heavy atom. The van der Waals surface area contributed by atoms with E-state index in [9.17, 15) is 4.79 Å². The van der Waals surface area contributed by atoms with Crippen LogP contribution in [0.4, 0.5) is 5.69 Å². The summed E-state index contributed by atoms with van der Waals surface area (Å²) >= 11 is 0.